The molecule has 1 aromatic carbocycles. The molecule has 1 atom stereocenters. The van der Waals surface area contributed by atoms with Crippen LogP contribution in [-0.4, -0.2) is 18.6 Å². The number of aromatic nitrogens is 1. The van der Waals surface area contributed by atoms with E-state index in [9.17, 15) is 0 Å². The quantitative estimate of drug-likeness (QED) is 0.880. The Balaban J connectivity index is 1.95. The summed E-state index contributed by atoms with van der Waals surface area (Å²) in [5.74, 6) is 1.43. The van der Waals surface area contributed by atoms with Gasteiger partial charge in [0.15, 0.2) is 0 Å². The first-order chi connectivity index (χ1) is 10.1. The van der Waals surface area contributed by atoms with Crippen LogP contribution in [0.5, 0.6) is 5.75 Å². The van der Waals surface area contributed by atoms with Gasteiger partial charge in [-0.15, -0.1) is 0 Å². The van der Waals surface area contributed by atoms with Crippen molar-refractivity contribution in [3.05, 3.63) is 58.9 Å². The Labute approximate surface area is 127 Å². The molecule has 1 heterocycles. The number of ether oxygens (including phenoxy) is 1. The van der Waals surface area contributed by atoms with Crippen LogP contribution in [0.1, 0.15) is 35.2 Å². The Kier molecular flexibility index (Phi) is 5.34. The molecule has 112 valence electrons. The van der Waals surface area contributed by atoms with E-state index < -0.39 is 0 Å². The average molecular weight is 284 g/mol. The van der Waals surface area contributed by atoms with Gasteiger partial charge in [0.1, 0.15) is 5.75 Å². The molecule has 0 radical (unpaired) electrons. The lowest BCUT2D eigenvalue weighted by Gasteiger charge is -2.15. The number of benzene rings is 1. The first-order valence-corrected chi connectivity index (χ1v) is 7.38. The van der Waals surface area contributed by atoms with Gasteiger partial charge in [-0.25, -0.2) is 0 Å². The minimum Gasteiger partial charge on any atom is -0.496 e. The average Bonchev–Trinajstić information content (AvgIpc) is 2.51. The largest absolute Gasteiger partial charge is 0.496 e. The monoisotopic (exact) mass is 284 g/mol. The molecule has 0 aliphatic heterocycles. The Morgan fingerprint density at radius 3 is 2.57 bits per heavy atom. The first-order valence-electron chi connectivity index (χ1n) is 7.38. The molecule has 0 aliphatic carbocycles. The number of hydrogen-bond donors (Lipinski definition) is 1. The van der Waals surface area contributed by atoms with Gasteiger partial charge in [0.05, 0.1) is 12.8 Å². The zero-order valence-electron chi connectivity index (χ0n) is 13.3. The third-order valence-electron chi connectivity index (χ3n) is 3.86. The van der Waals surface area contributed by atoms with Crippen LogP contribution in [0.3, 0.4) is 0 Å². The second-order valence-corrected chi connectivity index (χ2v) is 5.49. The molecule has 0 saturated carbocycles. The maximum absolute atomic E-state index is 5.45. The summed E-state index contributed by atoms with van der Waals surface area (Å²) < 4.78 is 5.45. The van der Waals surface area contributed by atoms with E-state index in [1.807, 2.05) is 13.1 Å². The number of hydrogen-bond acceptors (Lipinski definition) is 3. The standard InChI is InChI=1S/C18H24N2O/c1-13(16-8-6-5-7-9-16)10-19-12-17-15(3)18(21-4)14(2)11-20-17/h5-9,11,13,19H,10,12H2,1-4H3. The van der Waals surface area contributed by atoms with E-state index in [1.165, 1.54) is 5.56 Å². The number of nitrogens with zero attached hydrogens (tertiary/aromatic N) is 1. The molecule has 1 unspecified atom stereocenters. The molecule has 3 heteroatoms. The first kappa shape index (κ1) is 15.5. The molecule has 0 amide bonds. The highest BCUT2D eigenvalue weighted by atomic mass is 16.5. The van der Waals surface area contributed by atoms with Crippen molar-refractivity contribution in [2.45, 2.75) is 33.2 Å². The SMILES string of the molecule is COc1c(C)cnc(CNCC(C)c2ccccc2)c1C. The summed E-state index contributed by atoms with van der Waals surface area (Å²) in [6.45, 7) is 8.02. The summed E-state index contributed by atoms with van der Waals surface area (Å²) in [6, 6.07) is 10.6. The fraction of sp³-hybridized carbons (Fsp3) is 0.389. The molecule has 21 heavy (non-hydrogen) atoms. The van der Waals surface area contributed by atoms with Crippen LogP contribution in [0.4, 0.5) is 0 Å². The van der Waals surface area contributed by atoms with Crippen LogP contribution in [0.25, 0.3) is 0 Å². The highest BCUT2D eigenvalue weighted by Crippen LogP contribution is 2.23. The van der Waals surface area contributed by atoms with E-state index in [-0.39, 0.29) is 0 Å². The van der Waals surface area contributed by atoms with Crippen LogP contribution in [-0.2, 0) is 6.54 Å². The number of rotatable bonds is 6. The summed E-state index contributed by atoms with van der Waals surface area (Å²) in [5, 5.41) is 3.49. The van der Waals surface area contributed by atoms with Crippen molar-refractivity contribution in [2.24, 2.45) is 0 Å². The van der Waals surface area contributed by atoms with Gasteiger partial charge < -0.3 is 10.1 Å². The highest BCUT2D eigenvalue weighted by molar-refractivity contribution is 5.41. The third kappa shape index (κ3) is 3.82. The van der Waals surface area contributed by atoms with Gasteiger partial charge in [-0.2, -0.15) is 0 Å². The minimum absolute atomic E-state index is 0.485. The Morgan fingerprint density at radius 2 is 1.90 bits per heavy atom. The van der Waals surface area contributed by atoms with Crippen molar-refractivity contribution in [3.8, 4) is 5.75 Å². The fourth-order valence-electron chi connectivity index (χ4n) is 2.56. The Hall–Kier alpha value is -1.87. The van der Waals surface area contributed by atoms with Crippen LogP contribution in [0.2, 0.25) is 0 Å². The maximum Gasteiger partial charge on any atom is 0.128 e. The summed E-state index contributed by atoms with van der Waals surface area (Å²) in [4.78, 5) is 4.51. The van der Waals surface area contributed by atoms with Gasteiger partial charge in [0.2, 0.25) is 0 Å². The van der Waals surface area contributed by atoms with E-state index in [0.29, 0.717) is 5.92 Å². The van der Waals surface area contributed by atoms with Crippen LogP contribution in [0, 0.1) is 13.8 Å². The lowest BCUT2D eigenvalue weighted by molar-refractivity contribution is 0.406. The van der Waals surface area contributed by atoms with Crippen LogP contribution >= 0.6 is 0 Å². The second kappa shape index (κ2) is 7.23. The van der Waals surface area contributed by atoms with Gasteiger partial charge in [-0.05, 0) is 25.3 Å². The molecule has 1 aromatic heterocycles. The molecular formula is C18H24N2O. The molecule has 0 bridgehead atoms. The van der Waals surface area contributed by atoms with Gasteiger partial charge >= 0.3 is 0 Å². The fourth-order valence-corrected chi connectivity index (χ4v) is 2.56. The normalized spacial score (nSPS) is 12.2. The molecule has 2 rings (SSSR count). The van der Waals surface area contributed by atoms with Crippen molar-refractivity contribution in [1.82, 2.24) is 10.3 Å². The van der Waals surface area contributed by atoms with Crippen molar-refractivity contribution >= 4 is 0 Å². The molecule has 0 aliphatic rings. The number of pyridine rings is 1. The van der Waals surface area contributed by atoms with Gasteiger partial charge in [0.25, 0.3) is 0 Å². The molecular weight excluding hydrogens is 260 g/mol. The van der Waals surface area contributed by atoms with Gasteiger partial charge in [0, 0.05) is 30.4 Å². The van der Waals surface area contributed by atoms with E-state index in [4.69, 9.17) is 4.74 Å². The van der Waals surface area contributed by atoms with Crippen molar-refractivity contribution in [1.29, 1.82) is 0 Å². The number of aryl methyl sites for hydroxylation is 1. The second-order valence-electron chi connectivity index (χ2n) is 5.49. The summed E-state index contributed by atoms with van der Waals surface area (Å²) in [6.07, 6.45) is 1.88. The zero-order valence-corrected chi connectivity index (χ0v) is 13.3. The predicted octanol–water partition coefficient (Wildman–Crippen LogP) is 3.60. The molecule has 2 aromatic rings. The zero-order chi connectivity index (χ0) is 15.2. The van der Waals surface area contributed by atoms with E-state index in [2.05, 4.69) is 54.5 Å². The Morgan fingerprint density at radius 1 is 1.19 bits per heavy atom. The number of nitrogens with one attached hydrogen (secondary N) is 1. The van der Waals surface area contributed by atoms with E-state index in [1.54, 1.807) is 7.11 Å². The molecule has 0 saturated heterocycles. The lowest BCUT2D eigenvalue weighted by atomic mass is 10.0. The van der Waals surface area contributed by atoms with Crippen molar-refractivity contribution < 1.29 is 4.74 Å². The van der Waals surface area contributed by atoms with Gasteiger partial charge in [-0.1, -0.05) is 37.3 Å². The molecule has 3 nitrogen and oxygen atoms in total. The van der Waals surface area contributed by atoms with Crippen molar-refractivity contribution in [2.75, 3.05) is 13.7 Å². The molecule has 0 spiro atoms. The van der Waals surface area contributed by atoms with E-state index in [0.717, 1.165) is 35.7 Å². The number of methoxy groups -OCH3 is 1. The smallest absolute Gasteiger partial charge is 0.128 e. The summed E-state index contributed by atoms with van der Waals surface area (Å²) in [5.41, 5.74) is 4.61. The minimum atomic E-state index is 0.485. The maximum atomic E-state index is 5.45. The van der Waals surface area contributed by atoms with Gasteiger partial charge in [-0.3, -0.25) is 4.98 Å². The summed E-state index contributed by atoms with van der Waals surface area (Å²) >= 11 is 0. The van der Waals surface area contributed by atoms with E-state index >= 15 is 0 Å². The van der Waals surface area contributed by atoms with Crippen molar-refractivity contribution in [3.63, 3.8) is 0 Å². The molecule has 0 fully saturated rings. The lowest BCUT2D eigenvalue weighted by Crippen LogP contribution is -2.21. The Bertz CT molecular complexity index is 581. The highest BCUT2D eigenvalue weighted by Gasteiger charge is 2.10. The summed E-state index contributed by atoms with van der Waals surface area (Å²) in [7, 11) is 1.71. The predicted molar refractivity (Wildman–Crippen MR) is 86.8 cm³/mol. The third-order valence-corrected chi connectivity index (χ3v) is 3.86. The van der Waals surface area contributed by atoms with Crippen LogP contribution in [0.15, 0.2) is 36.5 Å². The molecule has 1 N–H and O–H groups in total. The van der Waals surface area contributed by atoms with Crippen LogP contribution < -0.4 is 10.1 Å². The topological polar surface area (TPSA) is 34.1 Å².